The zero-order chi connectivity index (χ0) is 11.1. The van der Waals surface area contributed by atoms with Gasteiger partial charge < -0.3 is 5.73 Å². The molecule has 0 heterocycles. The van der Waals surface area contributed by atoms with Crippen LogP contribution in [0.4, 0.5) is 0 Å². The first kappa shape index (κ1) is 12.9. The third kappa shape index (κ3) is 4.81. The van der Waals surface area contributed by atoms with Crippen molar-refractivity contribution in [1.29, 1.82) is 0 Å². The molecule has 5 heteroatoms. The van der Waals surface area contributed by atoms with E-state index in [-0.39, 0.29) is 11.8 Å². The summed E-state index contributed by atoms with van der Waals surface area (Å²) in [7, 11) is 3.38. The molecule has 0 fully saturated rings. The highest BCUT2D eigenvalue weighted by molar-refractivity contribution is 5.84. The van der Waals surface area contributed by atoms with E-state index in [4.69, 9.17) is 5.73 Å². The summed E-state index contributed by atoms with van der Waals surface area (Å²) in [4.78, 5) is 22.0. The third-order valence-corrected chi connectivity index (χ3v) is 1.74. The van der Waals surface area contributed by atoms with Crippen molar-refractivity contribution < 1.29 is 9.59 Å². The highest BCUT2D eigenvalue weighted by atomic mass is 16.2. The molecule has 5 nitrogen and oxygen atoms in total. The van der Waals surface area contributed by atoms with Gasteiger partial charge in [-0.3, -0.25) is 20.0 Å². The van der Waals surface area contributed by atoms with E-state index in [2.05, 4.69) is 12.5 Å². The van der Waals surface area contributed by atoms with Gasteiger partial charge in [-0.1, -0.05) is 19.8 Å². The van der Waals surface area contributed by atoms with Crippen LogP contribution in [0.25, 0.3) is 0 Å². The lowest BCUT2D eigenvalue weighted by molar-refractivity contribution is -0.138. The van der Waals surface area contributed by atoms with E-state index in [9.17, 15) is 9.59 Å². The predicted molar refractivity (Wildman–Crippen MR) is 53.5 cm³/mol. The van der Waals surface area contributed by atoms with Gasteiger partial charge >= 0.3 is 0 Å². The zero-order valence-corrected chi connectivity index (χ0v) is 8.75. The SMILES string of the molecule is [CH2]N(NC(C)=O)C(=O)[C@@H](N)CCCC. The average Bonchev–Trinajstić information content (AvgIpc) is 2.11. The number of rotatable bonds is 4. The van der Waals surface area contributed by atoms with Gasteiger partial charge in [0.15, 0.2) is 0 Å². The Labute approximate surface area is 84.6 Å². The molecule has 0 aliphatic heterocycles. The number of nitrogens with zero attached hydrogens (tertiary/aromatic N) is 1. The summed E-state index contributed by atoms with van der Waals surface area (Å²) in [5.41, 5.74) is 7.85. The summed E-state index contributed by atoms with van der Waals surface area (Å²) in [6.07, 6.45) is 2.49. The molecule has 0 spiro atoms. The fourth-order valence-electron chi connectivity index (χ4n) is 0.993. The van der Waals surface area contributed by atoms with Crippen LogP contribution in [0.2, 0.25) is 0 Å². The summed E-state index contributed by atoms with van der Waals surface area (Å²) in [6.45, 7) is 3.33. The van der Waals surface area contributed by atoms with Crippen LogP contribution in [-0.2, 0) is 9.59 Å². The number of hydrazine groups is 1. The lowest BCUT2D eigenvalue weighted by Crippen LogP contribution is -2.48. The molecule has 2 amide bonds. The number of carbonyl (C=O) groups is 2. The summed E-state index contributed by atoms with van der Waals surface area (Å²) in [5.74, 6) is -0.704. The molecule has 0 aromatic carbocycles. The molecule has 0 aromatic rings. The molecule has 1 atom stereocenters. The second kappa shape index (κ2) is 6.37. The summed E-state index contributed by atoms with van der Waals surface area (Å²) < 4.78 is 0. The fraction of sp³-hybridized carbons (Fsp3) is 0.667. The van der Waals surface area contributed by atoms with Gasteiger partial charge in [-0.25, -0.2) is 0 Å². The van der Waals surface area contributed by atoms with E-state index in [0.717, 1.165) is 17.9 Å². The maximum absolute atomic E-state index is 11.4. The Kier molecular flexibility index (Phi) is 5.87. The second-order valence-corrected chi connectivity index (χ2v) is 3.18. The molecule has 3 N–H and O–H groups in total. The number of carbonyl (C=O) groups excluding carboxylic acids is 2. The Bertz CT molecular complexity index is 206. The van der Waals surface area contributed by atoms with E-state index < -0.39 is 6.04 Å². The normalized spacial score (nSPS) is 12.0. The first-order valence-corrected chi connectivity index (χ1v) is 4.66. The zero-order valence-electron chi connectivity index (χ0n) is 8.75. The molecule has 0 aliphatic carbocycles. The molecule has 0 rings (SSSR count). The van der Waals surface area contributed by atoms with Crippen molar-refractivity contribution in [2.75, 3.05) is 0 Å². The van der Waals surface area contributed by atoms with Crippen LogP contribution in [0.15, 0.2) is 0 Å². The quantitative estimate of drug-likeness (QED) is 0.635. The number of nitrogens with two attached hydrogens (primary N) is 1. The Balaban J connectivity index is 3.97. The number of hydrogen-bond acceptors (Lipinski definition) is 3. The number of nitrogens with one attached hydrogen (secondary N) is 1. The number of unbranched alkanes of at least 4 members (excludes halogenated alkanes) is 1. The fourth-order valence-corrected chi connectivity index (χ4v) is 0.993. The van der Waals surface area contributed by atoms with Crippen molar-refractivity contribution in [2.24, 2.45) is 5.73 Å². The van der Waals surface area contributed by atoms with Crippen LogP contribution in [-0.4, -0.2) is 22.9 Å². The van der Waals surface area contributed by atoms with Gasteiger partial charge in [0.2, 0.25) is 5.91 Å². The van der Waals surface area contributed by atoms with Gasteiger partial charge in [0, 0.05) is 6.92 Å². The first-order chi connectivity index (χ1) is 6.49. The first-order valence-electron chi connectivity index (χ1n) is 4.66. The van der Waals surface area contributed by atoms with E-state index in [1.54, 1.807) is 0 Å². The van der Waals surface area contributed by atoms with Crippen LogP contribution >= 0.6 is 0 Å². The minimum absolute atomic E-state index is 0.337. The molecule has 0 saturated carbocycles. The van der Waals surface area contributed by atoms with E-state index in [0.29, 0.717) is 6.42 Å². The van der Waals surface area contributed by atoms with E-state index in [1.807, 2.05) is 6.92 Å². The molecule has 0 aromatic heterocycles. The molecule has 0 aliphatic rings. The summed E-state index contributed by atoms with van der Waals surface area (Å²) in [5, 5.41) is 0.892. The van der Waals surface area contributed by atoms with Crippen LogP contribution in [0, 0.1) is 7.05 Å². The smallest absolute Gasteiger partial charge is 0.257 e. The van der Waals surface area contributed by atoms with Crippen LogP contribution < -0.4 is 11.2 Å². The highest BCUT2D eigenvalue weighted by Crippen LogP contribution is 2.00. The minimum atomic E-state index is -0.584. The molecule has 1 radical (unpaired) electrons. The van der Waals surface area contributed by atoms with Crippen molar-refractivity contribution in [1.82, 2.24) is 10.4 Å². The third-order valence-electron chi connectivity index (χ3n) is 1.74. The van der Waals surface area contributed by atoms with E-state index in [1.165, 1.54) is 6.92 Å². The van der Waals surface area contributed by atoms with Crippen LogP contribution in [0.3, 0.4) is 0 Å². The van der Waals surface area contributed by atoms with Gasteiger partial charge in [0.05, 0.1) is 13.1 Å². The Morgan fingerprint density at radius 1 is 1.57 bits per heavy atom. The van der Waals surface area contributed by atoms with Gasteiger partial charge in [-0.2, -0.15) is 0 Å². The molecule has 0 saturated heterocycles. The van der Waals surface area contributed by atoms with Gasteiger partial charge in [-0.15, -0.1) is 0 Å². The standard InChI is InChI=1S/C9H18N3O2/c1-4-5-6-8(10)9(14)12(3)11-7(2)13/h8H,3-6,10H2,1-2H3,(H,11,13)/t8-/m0/s1. The van der Waals surface area contributed by atoms with Crippen LogP contribution in [0.1, 0.15) is 33.1 Å². The Hall–Kier alpha value is -1.10. The molecule has 81 valence electrons. The molecular formula is C9H18N3O2. The predicted octanol–water partition coefficient (Wildman–Crippen LogP) is 0.175. The Morgan fingerprint density at radius 3 is 2.57 bits per heavy atom. The van der Waals surface area contributed by atoms with Crippen molar-refractivity contribution >= 4 is 11.8 Å². The lowest BCUT2D eigenvalue weighted by atomic mass is 10.1. The second-order valence-electron chi connectivity index (χ2n) is 3.18. The van der Waals surface area contributed by atoms with Crippen molar-refractivity contribution in [3.63, 3.8) is 0 Å². The van der Waals surface area contributed by atoms with Crippen LogP contribution in [0.5, 0.6) is 0 Å². The molecule has 0 unspecified atom stereocenters. The largest absolute Gasteiger partial charge is 0.320 e. The summed E-state index contributed by atoms with van der Waals surface area (Å²) in [6, 6.07) is -0.584. The van der Waals surface area contributed by atoms with Crippen molar-refractivity contribution in [3.8, 4) is 0 Å². The monoisotopic (exact) mass is 200 g/mol. The topological polar surface area (TPSA) is 75.4 Å². The minimum Gasteiger partial charge on any atom is -0.320 e. The lowest BCUT2D eigenvalue weighted by Gasteiger charge is -2.20. The Morgan fingerprint density at radius 2 is 2.14 bits per heavy atom. The molecule has 14 heavy (non-hydrogen) atoms. The summed E-state index contributed by atoms with van der Waals surface area (Å²) >= 11 is 0. The van der Waals surface area contributed by atoms with Gasteiger partial charge in [0.25, 0.3) is 5.91 Å². The van der Waals surface area contributed by atoms with Gasteiger partial charge in [0.1, 0.15) is 0 Å². The number of hydrogen-bond donors (Lipinski definition) is 2. The average molecular weight is 200 g/mol. The molecular weight excluding hydrogens is 182 g/mol. The highest BCUT2D eigenvalue weighted by Gasteiger charge is 2.17. The number of amides is 2. The van der Waals surface area contributed by atoms with Crippen molar-refractivity contribution in [2.45, 2.75) is 39.2 Å². The maximum atomic E-state index is 11.4. The maximum Gasteiger partial charge on any atom is 0.257 e. The van der Waals surface area contributed by atoms with Gasteiger partial charge in [-0.05, 0) is 6.42 Å². The van der Waals surface area contributed by atoms with E-state index >= 15 is 0 Å². The molecule has 0 bridgehead atoms. The van der Waals surface area contributed by atoms with Crippen molar-refractivity contribution in [3.05, 3.63) is 7.05 Å².